The molecule has 0 atom stereocenters. The standard InChI is InChI=1S/C9H16BrNO/c1-2-9(5-3-6-9)11-8(12)4-7-10/h2-7H2,1H3,(H,11,12). The van der Waals surface area contributed by atoms with Crippen molar-refractivity contribution in [1.82, 2.24) is 5.32 Å². The molecule has 1 aliphatic rings. The third-order valence-corrected chi connectivity index (χ3v) is 3.11. The lowest BCUT2D eigenvalue weighted by atomic mass is 9.75. The van der Waals surface area contributed by atoms with Crippen molar-refractivity contribution in [2.45, 2.75) is 44.6 Å². The molecule has 0 aromatic rings. The fourth-order valence-corrected chi connectivity index (χ4v) is 1.97. The highest BCUT2D eigenvalue weighted by Crippen LogP contribution is 2.34. The van der Waals surface area contributed by atoms with Crippen LogP contribution < -0.4 is 5.32 Å². The largest absolute Gasteiger partial charge is 0.351 e. The summed E-state index contributed by atoms with van der Waals surface area (Å²) in [6.45, 7) is 2.15. The molecule has 2 nitrogen and oxygen atoms in total. The van der Waals surface area contributed by atoms with E-state index in [1.807, 2.05) is 0 Å². The van der Waals surface area contributed by atoms with E-state index < -0.39 is 0 Å². The molecular formula is C9H16BrNO. The van der Waals surface area contributed by atoms with Crippen LogP contribution in [-0.2, 0) is 4.79 Å². The van der Waals surface area contributed by atoms with Gasteiger partial charge in [-0.2, -0.15) is 0 Å². The van der Waals surface area contributed by atoms with Crippen LogP contribution in [0.15, 0.2) is 0 Å². The number of amides is 1. The first kappa shape index (κ1) is 10.0. The van der Waals surface area contributed by atoms with E-state index in [9.17, 15) is 4.79 Å². The molecule has 0 heterocycles. The van der Waals surface area contributed by atoms with Crippen molar-refractivity contribution < 1.29 is 4.79 Å². The molecule has 0 aromatic heterocycles. The maximum absolute atomic E-state index is 11.3. The summed E-state index contributed by atoms with van der Waals surface area (Å²) in [5, 5.41) is 3.87. The number of alkyl halides is 1. The molecule has 0 radical (unpaired) electrons. The van der Waals surface area contributed by atoms with E-state index in [0.717, 1.165) is 24.6 Å². The van der Waals surface area contributed by atoms with Gasteiger partial charge in [-0.15, -0.1) is 0 Å². The fraction of sp³-hybridized carbons (Fsp3) is 0.889. The lowest BCUT2D eigenvalue weighted by molar-refractivity contribution is -0.123. The monoisotopic (exact) mass is 233 g/mol. The smallest absolute Gasteiger partial charge is 0.221 e. The summed E-state index contributed by atoms with van der Waals surface area (Å²) in [5.74, 6) is 0.188. The molecular weight excluding hydrogens is 218 g/mol. The zero-order valence-electron chi connectivity index (χ0n) is 7.53. The molecule has 70 valence electrons. The van der Waals surface area contributed by atoms with Gasteiger partial charge in [-0.25, -0.2) is 0 Å². The third-order valence-electron chi connectivity index (χ3n) is 2.71. The molecule has 1 N–H and O–H groups in total. The minimum absolute atomic E-state index is 0.166. The van der Waals surface area contributed by atoms with Crippen LogP contribution in [0.4, 0.5) is 0 Å². The molecule has 12 heavy (non-hydrogen) atoms. The minimum atomic E-state index is 0.166. The number of carbonyl (C=O) groups excluding carboxylic acids is 1. The van der Waals surface area contributed by atoms with Gasteiger partial charge in [0.1, 0.15) is 0 Å². The van der Waals surface area contributed by atoms with Crippen molar-refractivity contribution in [2.75, 3.05) is 5.33 Å². The number of carbonyl (C=O) groups is 1. The quantitative estimate of drug-likeness (QED) is 0.742. The topological polar surface area (TPSA) is 29.1 Å². The SMILES string of the molecule is CCC1(NC(=O)CCBr)CCC1. The first-order chi connectivity index (χ1) is 5.72. The molecule has 1 saturated carbocycles. The second kappa shape index (κ2) is 4.26. The van der Waals surface area contributed by atoms with Crippen molar-refractivity contribution in [3.8, 4) is 0 Å². The van der Waals surface area contributed by atoms with E-state index >= 15 is 0 Å². The van der Waals surface area contributed by atoms with E-state index in [0.29, 0.717) is 6.42 Å². The van der Waals surface area contributed by atoms with E-state index in [2.05, 4.69) is 28.2 Å². The van der Waals surface area contributed by atoms with Gasteiger partial charge in [0, 0.05) is 17.3 Å². The highest BCUT2D eigenvalue weighted by atomic mass is 79.9. The van der Waals surface area contributed by atoms with Crippen molar-refractivity contribution >= 4 is 21.8 Å². The van der Waals surface area contributed by atoms with Gasteiger partial charge in [-0.1, -0.05) is 22.9 Å². The predicted molar refractivity (Wildman–Crippen MR) is 53.4 cm³/mol. The number of nitrogens with one attached hydrogen (secondary N) is 1. The number of rotatable bonds is 4. The zero-order chi connectivity index (χ0) is 9.03. The van der Waals surface area contributed by atoms with Gasteiger partial charge in [-0.05, 0) is 25.7 Å². The molecule has 0 unspecified atom stereocenters. The summed E-state index contributed by atoms with van der Waals surface area (Å²) >= 11 is 3.26. The molecule has 0 bridgehead atoms. The Morgan fingerprint density at radius 3 is 2.58 bits per heavy atom. The van der Waals surface area contributed by atoms with Crippen LogP contribution in [0.25, 0.3) is 0 Å². The zero-order valence-corrected chi connectivity index (χ0v) is 9.11. The summed E-state index contributed by atoms with van der Waals surface area (Å²) in [5.41, 5.74) is 0.166. The first-order valence-electron chi connectivity index (χ1n) is 4.59. The number of hydrogen-bond acceptors (Lipinski definition) is 1. The molecule has 1 amide bonds. The Morgan fingerprint density at radius 2 is 2.25 bits per heavy atom. The maximum Gasteiger partial charge on any atom is 0.221 e. The van der Waals surface area contributed by atoms with Crippen LogP contribution in [-0.4, -0.2) is 16.8 Å². The molecule has 0 spiro atoms. The van der Waals surface area contributed by atoms with Crippen LogP contribution in [0.1, 0.15) is 39.0 Å². The second-order valence-electron chi connectivity index (χ2n) is 3.47. The van der Waals surface area contributed by atoms with Gasteiger partial charge in [0.15, 0.2) is 0 Å². The van der Waals surface area contributed by atoms with Crippen molar-refractivity contribution in [1.29, 1.82) is 0 Å². The average molecular weight is 234 g/mol. The predicted octanol–water partition coefficient (Wildman–Crippen LogP) is 2.22. The Hall–Kier alpha value is -0.0500. The summed E-state index contributed by atoms with van der Waals surface area (Å²) in [4.78, 5) is 11.3. The van der Waals surface area contributed by atoms with Gasteiger partial charge in [0.25, 0.3) is 0 Å². The molecule has 0 aliphatic heterocycles. The van der Waals surface area contributed by atoms with E-state index in [-0.39, 0.29) is 11.4 Å². The van der Waals surface area contributed by atoms with Gasteiger partial charge in [0.2, 0.25) is 5.91 Å². The highest BCUT2D eigenvalue weighted by molar-refractivity contribution is 9.09. The lowest BCUT2D eigenvalue weighted by Gasteiger charge is -2.42. The Kier molecular flexibility index (Phi) is 3.56. The fourth-order valence-electron chi connectivity index (χ4n) is 1.61. The van der Waals surface area contributed by atoms with Crippen molar-refractivity contribution in [3.63, 3.8) is 0 Å². The maximum atomic E-state index is 11.3. The van der Waals surface area contributed by atoms with Gasteiger partial charge >= 0.3 is 0 Å². The molecule has 0 aromatic carbocycles. The van der Waals surface area contributed by atoms with Crippen LogP contribution in [0.2, 0.25) is 0 Å². The minimum Gasteiger partial charge on any atom is -0.351 e. The van der Waals surface area contributed by atoms with E-state index in [1.54, 1.807) is 0 Å². The van der Waals surface area contributed by atoms with Crippen LogP contribution in [0.3, 0.4) is 0 Å². The molecule has 1 aliphatic carbocycles. The Morgan fingerprint density at radius 1 is 1.58 bits per heavy atom. The van der Waals surface area contributed by atoms with Crippen molar-refractivity contribution in [2.24, 2.45) is 0 Å². The molecule has 3 heteroatoms. The summed E-state index contributed by atoms with van der Waals surface area (Å²) in [7, 11) is 0. The summed E-state index contributed by atoms with van der Waals surface area (Å²) in [6.07, 6.45) is 5.26. The normalized spacial score (nSPS) is 19.8. The molecule has 1 rings (SSSR count). The third kappa shape index (κ3) is 2.22. The highest BCUT2D eigenvalue weighted by Gasteiger charge is 2.35. The van der Waals surface area contributed by atoms with Crippen molar-refractivity contribution in [3.05, 3.63) is 0 Å². The van der Waals surface area contributed by atoms with E-state index in [1.165, 1.54) is 6.42 Å². The summed E-state index contributed by atoms with van der Waals surface area (Å²) in [6, 6.07) is 0. The second-order valence-corrected chi connectivity index (χ2v) is 4.27. The van der Waals surface area contributed by atoms with Gasteiger partial charge < -0.3 is 5.32 Å². The number of halogens is 1. The molecule has 0 saturated heterocycles. The molecule has 1 fully saturated rings. The Balaban J connectivity index is 2.32. The van der Waals surface area contributed by atoms with Gasteiger partial charge in [-0.3, -0.25) is 4.79 Å². The van der Waals surface area contributed by atoms with Crippen LogP contribution in [0.5, 0.6) is 0 Å². The summed E-state index contributed by atoms with van der Waals surface area (Å²) < 4.78 is 0. The average Bonchev–Trinajstić information content (AvgIpc) is 1.97. The number of hydrogen-bond donors (Lipinski definition) is 1. The first-order valence-corrected chi connectivity index (χ1v) is 5.71. The van der Waals surface area contributed by atoms with Crippen LogP contribution in [0, 0.1) is 0 Å². The Bertz CT molecular complexity index is 160. The lowest BCUT2D eigenvalue weighted by Crippen LogP contribution is -2.53. The van der Waals surface area contributed by atoms with E-state index in [4.69, 9.17) is 0 Å². The van der Waals surface area contributed by atoms with Gasteiger partial charge in [0.05, 0.1) is 0 Å². The van der Waals surface area contributed by atoms with Crippen LogP contribution >= 0.6 is 15.9 Å². The Labute approximate surface area is 82.2 Å².